The Morgan fingerprint density at radius 1 is 1.15 bits per heavy atom. The second-order valence-corrected chi connectivity index (χ2v) is 8.30. The van der Waals surface area contributed by atoms with Gasteiger partial charge in [-0.15, -0.1) is 0 Å². The summed E-state index contributed by atoms with van der Waals surface area (Å²) in [6.45, 7) is 4.05. The first kappa shape index (κ1) is 22.8. The molecule has 168 valence electrons. The van der Waals surface area contributed by atoms with Crippen LogP contribution in [0.3, 0.4) is 0 Å². The number of benzene rings is 2. The van der Waals surface area contributed by atoms with Crippen molar-refractivity contribution in [1.29, 1.82) is 0 Å². The van der Waals surface area contributed by atoms with E-state index in [2.05, 4.69) is 4.98 Å². The van der Waals surface area contributed by atoms with Crippen molar-refractivity contribution in [2.75, 3.05) is 11.5 Å². The molecule has 1 fully saturated rings. The molecule has 2 heterocycles. The lowest BCUT2D eigenvalue weighted by atomic mass is 9.96. The van der Waals surface area contributed by atoms with Crippen molar-refractivity contribution in [2.24, 2.45) is 0 Å². The fourth-order valence-electron chi connectivity index (χ4n) is 3.86. The van der Waals surface area contributed by atoms with Crippen LogP contribution in [0.5, 0.6) is 5.75 Å². The molecule has 1 saturated heterocycles. The molecule has 1 aliphatic rings. The van der Waals surface area contributed by atoms with Crippen molar-refractivity contribution in [2.45, 2.75) is 19.9 Å². The number of hydrogen-bond acceptors (Lipinski definition) is 5. The number of aliphatic hydroxyl groups excluding tert-OH is 1. The minimum Gasteiger partial charge on any atom is -0.507 e. The maximum Gasteiger partial charge on any atom is 0.300 e. The summed E-state index contributed by atoms with van der Waals surface area (Å²) in [6.07, 6.45) is 3.14. The number of rotatable bonds is 5. The van der Waals surface area contributed by atoms with Crippen LogP contribution in [0.25, 0.3) is 5.76 Å². The average molecular weight is 483 g/mol. The Labute approximate surface area is 201 Å². The van der Waals surface area contributed by atoms with E-state index in [0.717, 1.165) is 5.56 Å². The van der Waals surface area contributed by atoms with Crippen LogP contribution in [-0.2, 0) is 9.59 Å². The number of amides is 1. The summed E-state index contributed by atoms with van der Waals surface area (Å²) in [4.78, 5) is 32.0. The zero-order valence-corrected chi connectivity index (χ0v) is 19.4. The molecule has 0 radical (unpaired) electrons. The van der Waals surface area contributed by atoms with Crippen LogP contribution < -0.4 is 9.64 Å². The van der Waals surface area contributed by atoms with Gasteiger partial charge in [-0.3, -0.25) is 19.5 Å². The van der Waals surface area contributed by atoms with Crippen molar-refractivity contribution in [3.63, 3.8) is 0 Å². The van der Waals surface area contributed by atoms with Crippen molar-refractivity contribution in [3.05, 3.63) is 93.2 Å². The Hall–Kier alpha value is -3.35. The van der Waals surface area contributed by atoms with Gasteiger partial charge in [0.2, 0.25) is 0 Å². The van der Waals surface area contributed by atoms with Crippen molar-refractivity contribution < 1.29 is 19.4 Å². The summed E-state index contributed by atoms with van der Waals surface area (Å²) >= 11 is 12.6. The Kier molecular flexibility index (Phi) is 6.40. The van der Waals surface area contributed by atoms with E-state index in [0.29, 0.717) is 28.6 Å². The molecule has 2 aromatic carbocycles. The van der Waals surface area contributed by atoms with Gasteiger partial charge in [-0.2, -0.15) is 0 Å². The fraction of sp³-hybridized carbons (Fsp3) is 0.160. The summed E-state index contributed by atoms with van der Waals surface area (Å²) < 4.78 is 5.51. The van der Waals surface area contributed by atoms with E-state index in [9.17, 15) is 14.7 Å². The lowest BCUT2D eigenvalue weighted by molar-refractivity contribution is -0.132. The molecule has 33 heavy (non-hydrogen) atoms. The molecule has 1 N–H and O–H groups in total. The highest BCUT2D eigenvalue weighted by atomic mass is 35.5. The molecule has 1 unspecified atom stereocenters. The van der Waals surface area contributed by atoms with Crippen LogP contribution in [0.4, 0.5) is 5.69 Å². The minimum absolute atomic E-state index is 0.0945. The highest BCUT2D eigenvalue weighted by Crippen LogP contribution is 2.44. The van der Waals surface area contributed by atoms with E-state index >= 15 is 0 Å². The van der Waals surface area contributed by atoms with Crippen molar-refractivity contribution in [3.8, 4) is 5.75 Å². The lowest BCUT2D eigenvalue weighted by Crippen LogP contribution is -2.30. The summed E-state index contributed by atoms with van der Waals surface area (Å²) in [5.74, 6) is -1.54. The van der Waals surface area contributed by atoms with E-state index in [4.69, 9.17) is 27.9 Å². The molecule has 0 bridgehead atoms. The molecular weight excluding hydrogens is 463 g/mol. The maximum absolute atomic E-state index is 13.3. The number of ketones is 1. The summed E-state index contributed by atoms with van der Waals surface area (Å²) in [7, 11) is 0. The van der Waals surface area contributed by atoms with Gasteiger partial charge in [-0.05, 0) is 61.4 Å². The molecule has 1 amide bonds. The molecule has 0 aliphatic carbocycles. The molecule has 1 aliphatic heterocycles. The molecular formula is C25H20Cl2N2O4. The maximum atomic E-state index is 13.3. The topological polar surface area (TPSA) is 79.7 Å². The first-order valence-electron chi connectivity index (χ1n) is 10.2. The molecule has 1 atom stereocenters. The average Bonchev–Trinajstić information content (AvgIpc) is 3.07. The standard InChI is InChI=1S/C25H20Cl2N2O4/c1-3-33-17-8-9-19(27)18(12-17)23(30)21-22(15-5-4-10-28-13-15)29(25(32)24(21)31)20-11-16(26)7-6-14(20)2/h4-13,22,30H,3H2,1-2H3/b23-21+. The highest BCUT2D eigenvalue weighted by molar-refractivity contribution is 6.52. The second kappa shape index (κ2) is 9.25. The minimum atomic E-state index is -0.928. The number of carbonyl (C=O) groups excluding carboxylic acids is 2. The van der Waals surface area contributed by atoms with Crippen LogP contribution in [0.2, 0.25) is 10.0 Å². The molecule has 3 aromatic rings. The van der Waals surface area contributed by atoms with Gasteiger partial charge in [0.1, 0.15) is 11.5 Å². The van der Waals surface area contributed by atoms with Crippen molar-refractivity contribution >= 4 is 46.3 Å². The van der Waals surface area contributed by atoms with Crippen LogP contribution in [0.15, 0.2) is 66.5 Å². The number of aryl methyl sites for hydroxylation is 1. The van der Waals surface area contributed by atoms with Crippen LogP contribution in [-0.4, -0.2) is 28.4 Å². The van der Waals surface area contributed by atoms with E-state index in [-0.39, 0.29) is 16.2 Å². The SMILES string of the molecule is CCOc1ccc(Cl)c(/C(O)=C2\C(=O)C(=O)N(c3cc(Cl)ccc3C)C2c2cccnc2)c1. The van der Waals surface area contributed by atoms with Crippen LogP contribution in [0.1, 0.15) is 29.7 Å². The van der Waals surface area contributed by atoms with E-state index in [1.807, 2.05) is 13.8 Å². The third-order valence-corrected chi connectivity index (χ3v) is 5.94. The largest absolute Gasteiger partial charge is 0.507 e. The number of hydrogen-bond donors (Lipinski definition) is 1. The Bertz CT molecular complexity index is 1270. The highest BCUT2D eigenvalue weighted by Gasteiger charge is 2.47. The molecule has 1 aromatic heterocycles. The summed E-state index contributed by atoms with van der Waals surface area (Å²) in [6, 6.07) is 12.4. The number of aromatic nitrogens is 1. The fourth-order valence-corrected chi connectivity index (χ4v) is 4.24. The van der Waals surface area contributed by atoms with Crippen molar-refractivity contribution in [1.82, 2.24) is 4.98 Å². The zero-order valence-electron chi connectivity index (χ0n) is 17.9. The number of Topliss-reactive ketones (excluding diaryl/α,β-unsaturated/α-hetero) is 1. The first-order chi connectivity index (χ1) is 15.8. The molecule has 8 heteroatoms. The summed E-state index contributed by atoms with van der Waals surface area (Å²) in [5.41, 5.74) is 1.85. The number of carbonyl (C=O) groups is 2. The number of pyridine rings is 1. The monoisotopic (exact) mass is 482 g/mol. The molecule has 0 spiro atoms. The zero-order chi connectivity index (χ0) is 23.7. The number of anilines is 1. The van der Waals surface area contributed by atoms with E-state index in [1.54, 1.807) is 60.9 Å². The van der Waals surface area contributed by atoms with E-state index in [1.165, 1.54) is 4.90 Å². The van der Waals surface area contributed by atoms with Gasteiger partial charge >= 0.3 is 0 Å². The molecule has 4 rings (SSSR count). The quantitative estimate of drug-likeness (QED) is 0.285. The van der Waals surface area contributed by atoms with Crippen LogP contribution in [0, 0.1) is 6.92 Å². The number of aliphatic hydroxyl groups is 1. The summed E-state index contributed by atoms with van der Waals surface area (Å²) in [5, 5.41) is 11.9. The number of ether oxygens (including phenoxy) is 1. The Balaban J connectivity index is 1.98. The third kappa shape index (κ3) is 4.19. The molecule has 6 nitrogen and oxygen atoms in total. The van der Waals surface area contributed by atoms with Gasteiger partial charge in [0.25, 0.3) is 11.7 Å². The van der Waals surface area contributed by atoms with Gasteiger partial charge in [0, 0.05) is 28.7 Å². The van der Waals surface area contributed by atoms with Crippen LogP contribution >= 0.6 is 23.2 Å². The number of halogens is 2. The smallest absolute Gasteiger partial charge is 0.300 e. The Morgan fingerprint density at radius 3 is 2.64 bits per heavy atom. The number of nitrogens with zero attached hydrogens (tertiary/aromatic N) is 2. The lowest BCUT2D eigenvalue weighted by Gasteiger charge is -2.26. The first-order valence-corrected chi connectivity index (χ1v) is 11.0. The molecule has 0 saturated carbocycles. The van der Waals surface area contributed by atoms with E-state index < -0.39 is 23.5 Å². The van der Waals surface area contributed by atoms with Gasteiger partial charge in [0.15, 0.2) is 0 Å². The van der Waals surface area contributed by atoms with Gasteiger partial charge in [-0.25, -0.2) is 0 Å². The second-order valence-electron chi connectivity index (χ2n) is 7.46. The van der Waals surface area contributed by atoms with Gasteiger partial charge < -0.3 is 9.84 Å². The predicted molar refractivity (Wildman–Crippen MR) is 128 cm³/mol. The normalized spacial score (nSPS) is 17.5. The predicted octanol–water partition coefficient (Wildman–Crippen LogP) is 5.72. The van der Waals surface area contributed by atoms with Gasteiger partial charge in [0.05, 0.1) is 23.2 Å². The third-order valence-electron chi connectivity index (χ3n) is 5.38. The Morgan fingerprint density at radius 2 is 1.94 bits per heavy atom. The van der Waals surface area contributed by atoms with Gasteiger partial charge in [-0.1, -0.05) is 35.3 Å².